The highest BCUT2D eigenvalue weighted by atomic mass is 32.2. The fourth-order valence-corrected chi connectivity index (χ4v) is 2.50. The first-order valence-electron chi connectivity index (χ1n) is 6.27. The Morgan fingerprint density at radius 2 is 1.80 bits per heavy atom. The van der Waals surface area contributed by atoms with Crippen LogP contribution >= 0.6 is 0 Å². The van der Waals surface area contributed by atoms with Gasteiger partial charge in [0, 0.05) is 16.0 Å². The van der Waals surface area contributed by atoms with Gasteiger partial charge in [-0.3, -0.25) is 9.00 Å². The molecule has 0 radical (unpaired) electrons. The molecule has 0 amide bonds. The summed E-state index contributed by atoms with van der Waals surface area (Å²) >= 11 is 0. The van der Waals surface area contributed by atoms with E-state index in [4.69, 9.17) is 9.47 Å². The quantitative estimate of drug-likeness (QED) is 0.685. The van der Waals surface area contributed by atoms with E-state index in [1.807, 2.05) is 0 Å². The van der Waals surface area contributed by atoms with Gasteiger partial charge in [0.05, 0.1) is 33.0 Å². The summed E-state index contributed by atoms with van der Waals surface area (Å²) < 4.78 is 27.0. The molecule has 6 heteroatoms. The monoisotopic (exact) mass is 300 g/mol. The maximum absolute atomic E-state index is 11.9. The van der Waals surface area contributed by atoms with E-state index in [1.165, 1.54) is 7.11 Å². The summed E-state index contributed by atoms with van der Waals surface area (Å²) in [7, 11) is 1.81. The largest absolute Gasteiger partial charge is 0.497 e. The first kappa shape index (κ1) is 16.5. The highest BCUT2D eigenvalue weighted by molar-refractivity contribution is 7.85. The molecule has 0 aliphatic rings. The molecule has 20 heavy (non-hydrogen) atoms. The van der Waals surface area contributed by atoms with Gasteiger partial charge in [-0.1, -0.05) is 6.92 Å². The van der Waals surface area contributed by atoms with Crippen LogP contribution in [0.5, 0.6) is 11.5 Å². The molecule has 0 aliphatic heterocycles. The van der Waals surface area contributed by atoms with Crippen LogP contribution in [-0.2, 0) is 20.3 Å². The van der Waals surface area contributed by atoms with E-state index in [1.54, 1.807) is 38.3 Å². The van der Waals surface area contributed by atoms with E-state index in [9.17, 15) is 9.00 Å². The number of esters is 1. The van der Waals surface area contributed by atoms with Crippen molar-refractivity contribution in [1.29, 1.82) is 0 Å². The standard InChI is InChI=1S/C14H20O5S/c1-11(10-14(15)18-3)20(16)9-8-19-13-6-4-12(17-2)5-7-13/h4-7,11H,8-10H2,1-3H3. The Kier molecular flexibility index (Phi) is 7.08. The molecule has 0 saturated carbocycles. The Hall–Kier alpha value is -1.56. The molecule has 1 aromatic rings. The Morgan fingerprint density at radius 3 is 2.35 bits per heavy atom. The lowest BCUT2D eigenvalue weighted by Gasteiger charge is -2.11. The summed E-state index contributed by atoms with van der Waals surface area (Å²) in [6, 6.07) is 7.18. The van der Waals surface area contributed by atoms with Crippen LogP contribution in [0.15, 0.2) is 24.3 Å². The normalized spacial score (nSPS) is 13.3. The fraction of sp³-hybridized carbons (Fsp3) is 0.500. The molecule has 112 valence electrons. The van der Waals surface area contributed by atoms with E-state index in [-0.39, 0.29) is 17.6 Å². The molecule has 1 rings (SSSR count). The van der Waals surface area contributed by atoms with Crippen LogP contribution in [0.1, 0.15) is 13.3 Å². The van der Waals surface area contributed by atoms with Crippen molar-refractivity contribution >= 4 is 16.8 Å². The SMILES string of the molecule is COC(=O)CC(C)S(=O)CCOc1ccc(OC)cc1. The van der Waals surface area contributed by atoms with Gasteiger partial charge in [0.25, 0.3) is 0 Å². The first-order chi connectivity index (χ1) is 9.56. The molecule has 0 N–H and O–H groups in total. The number of benzene rings is 1. The predicted molar refractivity (Wildman–Crippen MR) is 77.6 cm³/mol. The molecule has 0 aromatic heterocycles. The topological polar surface area (TPSA) is 61.8 Å². The lowest BCUT2D eigenvalue weighted by Crippen LogP contribution is -2.21. The second-order valence-electron chi connectivity index (χ2n) is 4.20. The molecule has 0 fully saturated rings. The number of ether oxygens (including phenoxy) is 3. The van der Waals surface area contributed by atoms with Crippen molar-refractivity contribution in [3.63, 3.8) is 0 Å². The minimum atomic E-state index is -1.12. The zero-order valence-electron chi connectivity index (χ0n) is 12.0. The predicted octanol–water partition coefficient (Wildman–Crippen LogP) is 1.77. The molecule has 5 nitrogen and oxygen atoms in total. The fourth-order valence-electron chi connectivity index (χ4n) is 1.53. The summed E-state index contributed by atoms with van der Waals surface area (Å²) in [4.78, 5) is 11.1. The van der Waals surface area contributed by atoms with Gasteiger partial charge in [-0.05, 0) is 24.3 Å². The molecule has 0 saturated heterocycles. The number of carbonyl (C=O) groups is 1. The molecule has 1 aromatic carbocycles. The summed E-state index contributed by atoms with van der Waals surface area (Å²) in [6.45, 7) is 2.10. The molecule has 0 bridgehead atoms. The smallest absolute Gasteiger partial charge is 0.306 e. The number of rotatable bonds is 8. The van der Waals surface area contributed by atoms with Crippen molar-refractivity contribution < 1.29 is 23.2 Å². The van der Waals surface area contributed by atoms with Gasteiger partial charge >= 0.3 is 5.97 Å². The Bertz CT molecular complexity index is 443. The lowest BCUT2D eigenvalue weighted by molar-refractivity contribution is -0.140. The van der Waals surface area contributed by atoms with Crippen molar-refractivity contribution in [2.75, 3.05) is 26.6 Å². The second kappa shape index (κ2) is 8.58. The maximum atomic E-state index is 11.9. The van der Waals surface area contributed by atoms with Crippen molar-refractivity contribution in [3.05, 3.63) is 24.3 Å². The van der Waals surface area contributed by atoms with Gasteiger partial charge in [-0.25, -0.2) is 0 Å². The molecular weight excluding hydrogens is 280 g/mol. The van der Waals surface area contributed by atoms with Crippen LogP contribution < -0.4 is 9.47 Å². The van der Waals surface area contributed by atoms with E-state index in [0.29, 0.717) is 18.1 Å². The van der Waals surface area contributed by atoms with Crippen LogP contribution in [0.4, 0.5) is 0 Å². The minimum absolute atomic E-state index is 0.158. The van der Waals surface area contributed by atoms with E-state index in [2.05, 4.69) is 4.74 Å². The molecule has 2 unspecified atom stereocenters. The third-order valence-electron chi connectivity index (χ3n) is 2.74. The van der Waals surface area contributed by atoms with Gasteiger partial charge in [-0.2, -0.15) is 0 Å². The minimum Gasteiger partial charge on any atom is -0.497 e. The Morgan fingerprint density at radius 1 is 1.20 bits per heavy atom. The van der Waals surface area contributed by atoms with Crippen LogP contribution in [0.2, 0.25) is 0 Å². The van der Waals surface area contributed by atoms with Gasteiger partial charge in [0.1, 0.15) is 11.5 Å². The van der Waals surface area contributed by atoms with E-state index in [0.717, 1.165) is 5.75 Å². The van der Waals surface area contributed by atoms with Crippen molar-refractivity contribution in [2.24, 2.45) is 0 Å². The van der Waals surface area contributed by atoms with Gasteiger partial charge in [0.2, 0.25) is 0 Å². The lowest BCUT2D eigenvalue weighted by atomic mass is 10.3. The zero-order valence-corrected chi connectivity index (χ0v) is 12.8. The van der Waals surface area contributed by atoms with Crippen molar-refractivity contribution in [2.45, 2.75) is 18.6 Å². The molecule has 0 spiro atoms. The maximum Gasteiger partial charge on any atom is 0.306 e. The van der Waals surface area contributed by atoms with Crippen molar-refractivity contribution in [1.82, 2.24) is 0 Å². The Balaban J connectivity index is 2.32. The molecule has 2 atom stereocenters. The molecule has 0 heterocycles. The average Bonchev–Trinajstić information content (AvgIpc) is 2.47. The van der Waals surface area contributed by atoms with E-state index >= 15 is 0 Å². The second-order valence-corrected chi connectivity index (χ2v) is 6.17. The van der Waals surface area contributed by atoms with Gasteiger partial charge in [-0.15, -0.1) is 0 Å². The third-order valence-corrected chi connectivity index (χ3v) is 4.38. The van der Waals surface area contributed by atoms with Crippen molar-refractivity contribution in [3.8, 4) is 11.5 Å². The molecule has 0 aliphatic carbocycles. The summed E-state index contributed by atoms with van der Waals surface area (Å²) in [5, 5.41) is -0.234. The number of methoxy groups -OCH3 is 2. The average molecular weight is 300 g/mol. The summed E-state index contributed by atoms with van der Waals surface area (Å²) in [5.41, 5.74) is 0. The summed E-state index contributed by atoms with van der Waals surface area (Å²) in [5.74, 6) is 1.49. The van der Waals surface area contributed by atoms with Crippen LogP contribution in [0.3, 0.4) is 0 Å². The Labute approximate surface area is 121 Å². The number of hydrogen-bond acceptors (Lipinski definition) is 5. The van der Waals surface area contributed by atoms with Gasteiger partial charge in [0.15, 0.2) is 0 Å². The third kappa shape index (κ3) is 5.61. The first-order valence-corrected chi connectivity index (χ1v) is 7.66. The van der Waals surface area contributed by atoms with E-state index < -0.39 is 10.8 Å². The zero-order chi connectivity index (χ0) is 15.0. The van der Waals surface area contributed by atoms with Gasteiger partial charge < -0.3 is 14.2 Å². The number of hydrogen-bond donors (Lipinski definition) is 0. The summed E-state index contributed by atoms with van der Waals surface area (Å²) in [6.07, 6.45) is 0.158. The van der Waals surface area contributed by atoms with Crippen LogP contribution in [-0.4, -0.2) is 42.0 Å². The highest BCUT2D eigenvalue weighted by Crippen LogP contribution is 2.17. The molecular formula is C14H20O5S. The highest BCUT2D eigenvalue weighted by Gasteiger charge is 2.15. The van der Waals surface area contributed by atoms with Crippen LogP contribution in [0.25, 0.3) is 0 Å². The van der Waals surface area contributed by atoms with Crippen LogP contribution in [0, 0.1) is 0 Å². The number of carbonyl (C=O) groups excluding carboxylic acids is 1.